The predicted octanol–water partition coefficient (Wildman–Crippen LogP) is 7.32. The number of carboxylic acids is 1. The van der Waals surface area contributed by atoms with Gasteiger partial charge in [0.05, 0.1) is 24.4 Å². The van der Waals surface area contributed by atoms with Crippen molar-refractivity contribution in [2.24, 2.45) is 4.99 Å². The number of aliphatic imine (C=N–C) groups is 1. The van der Waals surface area contributed by atoms with Crippen LogP contribution >= 0.6 is 0 Å². The maximum absolute atomic E-state index is 13.9. The Labute approximate surface area is 268 Å². The van der Waals surface area contributed by atoms with E-state index in [1.165, 1.54) is 12.2 Å². The number of hydrogen-bond donors (Lipinski definition) is 2. The maximum Gasteiger partial charge on any atom is 0.303 e. The molecule has 2 aromatic heterocycles. The Kier molecular flexibility index (Phi) is 13.2. The number of para-hydroxylation sites is 1. The zero-order valence-corrected chi connectivity index (χ0v) is 26.4. The van der Waals surface area contributed by atoms with Gasteiger partial charge in [0, 0.05) is 49.7 Å². The summed E-state index contributed by atoms with van der Waals surface area (Å²) in [5.41, 5.74) is 4.58. The topological polar surface area (TPSA) is 121 Å². The number of likely N-dealkylation sites (N-methyl/N-ethyl adjacent to an activating group) is 1. The van der Waals surface area contributed by atoms with Crippen LogP contribution in [-0.4, -0.2) is 57.3 Å². The van der Waals surface area contributed by atoms with E-state index in [1.807, 2.05) is 73.5 Å². The van der Waals surface area contributed by atoms with Gasteiger partial charge in [0.25, 0.3) is 0 Å². The van der Waals surface area contributed by atoms with Crippen molar-refractivity contribution in [2.45, 2.75) is 58.7 Å². The Morgan fingerprint density at radius 1 is 1.17 bits per heavy atom. The van der Waals surface area contributed by atoms with E-state index in [9.17, 15) is 14.3 Å². The number of ether oxygens (including phenoxy) is 1. The van der Waals surface area contributed by atoms with Crippen molar-refractivity contribution in [3.63, 3.8) is 0 Å². The number of halogens is 1. The Balaban J connectivity index is 1.51. The predicted molar refractivity (Wildman–Crippen MR) is 177 cm³/mol. The molecule has 46 heavy (non-hydrogen) atoms. The van der Waals surface area contributed by atoms with Crippen LogP contribution in [0.3, 0.4) is 0 Å². The van der Waals surface area contributed by atoms with Crippen LogP contribution in [0.4, 0.5) is 4.39 Å². The zero-order chi connectivity index (χ0) is 32.7. The smallest absolute Gasteiger partial charge is 0.303 e. The molecule has 0 spiro atoms. The number of pyridine rings is 1. The molecule has 0 saturated carbocycles. The first-order valence-corrected chi connectivity index (χ1v) is 15.5. The molecular weight excluding hydrogens is 587 g/mol. The van der Waals surface area contributed by atoms with E-state index in [4.69, 9.17) is 19.4 Å². The Bertz CT molecular complexity index is 1660. The molecular formula is C36H41FN4O5. The molecule has 2 heterocycles. The summed E-state index contributed by atoms with van der Waals surface area (Å²) in [6.07, 6.45) is 15.1. The summed E-state index contributed by atoms with van der Waals surface area (Å²) < 4.78 is 25.5. The molecule has 0 atom stereocenters. The summed E-state index contributed by atoms with van der Waals surface area (Å²) in [4.78, 5) is 22.3. The Morgan fingerprint density at radius 3 is 2.80 bits per heavy atom. The van der Waals surface area contributed by atoms with Crippen molar-refractivity contribution in [1.82, 2.24) is 15.0 Å². The molecule has 0 amide bonds. The van der Waals surface area contributed by atoms with E-state index < -0.39 is 5.97 Å². The number of allylic oxidation sites excluding steroid dienone is 7. The molecule has 1 aliphatic rings. The lowest BCUT2D eigenvalue weighted by Gasteiger charge is -2.21. The monoisotopic (exact) mass is 628 g/mol. The number of carbonyl (C=O) groups is 1. The number of aliphatic hydroxyl groups excluding tert-OH is 1. The number of rotatable bonds is 16. The third-order valence-electron chi connectivity index (χ3n) is 7.38. The highest BCUT2D eigenvalue weighted by molar-refractivity contribution is 5.85. The van der Waals surface area contributed by atoms with Crippen LogP contribution in [0, 0.1) is 0 Å². The van der Waals surface area contributed by atoms with Gasteiger partial charge < -0.3 is 24.4 Å². The van der Waals surface area contributed by atoms with Crippen molar-refractivity contribution >= 4 is 28.3 Å². The molecule has 2 N–H and O–H groups in total. The van der Waals surface area contributed by atoms with Crippen LogP contribution in [-0.2, 0) is 22.7 Å². The highest BCUT2D eigenvalue weighted by atomic mass is 19.1. The highest BCUT2D eigenvalue weighted by Gasteiger charge is 2.16. The molecule has 0 fully saturated rings. The average molecular weight is 629 g/mol. The minimum Gasteiger partial charge on any atom is -0.481 e. The number of unbranched alkanes of at least 4 members (excludes halogenated alkanes) is 1. The number of nitrogens with zero attached hydrogens (tertiary/aromatic N) is 4. The third kappa shape index (κ3) is 10.2. The molecule has 3 aromatic rings. The molecule has 0 bridgehead atoms. The molecule has 10 heteroatoms. The fourth-order valence-electron chi connectivity index (χ4n) is 4.94. The van der Waals surface area contributed by atoms with Crippen LogP contribution < -0.4 is 0 Å². The second kappa shape index (κ2) is 17.7. The SMILES string of the molecule is CC/C=C(F)\C=C/CN(C)/C(CCCCC(=O)O)=N\C1=CC(c2cc(COCc3ccnc4ccccc34)on2)=CCC=C1CO. The summed E-state index contributed by atoms with van der Waals surface area (Å²) in [7, 11) is 1.86. The largest absolute Gasteiger partial charge is 0.481 e. The molecule has 0 unspecified atom stereocenters. The number of aliphatic carboxylic acids is 1. The van der Waals surface area contributed by atoms with Gasteiger partial charge in [-0.3, -0.25) is 9.78 Å². The van der Waals surface area contributed by atoms with Gasteiger partial charge in [-0.2, -0.15) is 0 Å². The van der Waals surface area contributed by atoms with Crippen LogP contribution in [0.1, 0.15) is 62.5 Å². The molecule has 0 saturated heterocycles. The van der Waals surface area contributed by atoms with Crippen molar-refractivity contribution in [1.29, 1.82) is 0 Å². The van der Waals surface area contributed by atoms with Gasteiger partial charge in [0.15, 0.2) is 5.76 Å². The molecule has 1 aliphatic carbocycles. The van der Waals surface area contributed by atoms with Crippen molar-refractivity contribution < 1.29 is 28.7 Å². The molecule has 0 radical (unpaired) electrons. The standard InChI is InChI=1S/C36H41FN4O5/c1-3-10-29(37)13-9-20-41(2)35(16-6-7-17-36(43)44)39-33-21-26(11-8-12-27(33)23-42)34-22-30(46-40-34)25-45-24-28-18-19-38-32-15-5-4-14-31(28)32/h4-5,9-15,18-19,21-22,42H,3,6-8,16-17,20,23-25H2,1-2H3,(H,43,44)/b13-9-,29-10+,39-35-. The van der Waals surface area contributed by atoms with Gasteiger partial charge in [0.1, 0.15) is 24.0 Å². The van der Waals surface area contributed by atoms with Crippen molar-refractivity contribution in [2.75, 3.05) is 20.2 Å². The molecule has 9 nitrogen and oxygen atoms in total. The summed E-state index contributed by atoms with van der Waals surface area (Å²) in [6.45, 7) is 2.69. The second-order valence-electron chi connectivity index (χ2n) is 10.9. The molecule has 0 aliphatic heterocycles. The summed E-state index contributed by atoms with van der Waals surface area (Å²) in [5.74, 6) is 0.121. The average Bonchev–Trinajstić information content (AvgIpc) is 3.42. The van der Waals surface area contributed by atoms with E-state index in [2.05, 4.69) is 10.1 Å². The number of hydrogen-bond acceptors (Lipinski definition) is 7. The van der Waals surface area contributed by atoms with Crippen LogP contribution in [0.2, 0.25) is 0 Å². The number of benzene rings is 1. The van der Waals surface area contributed by atoms with Gasteiger partial charge in [-0.15, -0.1) is 0 Å². The maximum atomic E-state index is 13.9. The van der Waals surface area contributed by atoms with E-state index in [0.717, 1.165) is 22.0 Å². The number of aromatic nitrogens is 2. The van der Waals surface area contributed by atoms with Gasteiger partial charge in [-0.05, 0) is 67.2 Å². The zero-order valence-electron chi connectivity index (χ0n) is 26.4. The fraction of sp³-hybridized carbons (Fsp3) is 0.333. The highest BCUT2D eigenvalue weighted by Crippen LogP contribution is 2.27. The van der Waals surface area contributed by atoms with Crippen LogP contribution in [0.25, 0.3) is 16.5 Å². The minimum atomic E-state index is -0.844. The number of amidine groups is 1. The number of fused-ring (bicyclic) bond motifs is 1. The van der Waals surface area contributed by atoms with Crippen LogP contribution in [0.5, 0.6) is 0 Å². The van der Waals surface area contributed by atoms with Crippen molar-refractivity contribution in [3.05, 3.63) is 113 Å². The van der Waals surface area contributed by atoms with Gasteiger partial charge in [-0.1, -0.05) is 48.5 Å². The van der Waals surface area contributed by atoms with Gasteiger partial charge in [-0.25, -0.2) is 9.38 Å². The van der Waals surface area contributed by atoms with Crippen molar-refractivity contribution in [3.8, 4) is 0 Å². The third-order valence-corrected chi connectivity index (χ3v) is 7.38. The lowest BCUT2D eigenvalue weighted by molar-refractivity contribution is -0.137. The van der Waals surface area contributed by atoms with E-state index in [1.54, 1.807) is 12.3 Å². The normalized spacial score (nSPS) is 14.3. The Hall–Kier alpha value is -4.67. The first kappa shape index (κ1) is 34.2. The van der Waals surface area contributed by atoms with E-state index in [-0.39, 0.29) is 25.5 Å². The summed E-state index contributed by atoms with van der Waals surface area (Å²) in [6, 6.07) is 11.7. The number of carboxylic acid groups (broad SMARTS) is 1. The lowest BCUT2D eigenvalue weighted by Crippen LogP contribution is -2.27. The van der Waals surface area contributed by atoms with E-state index in [0.29, 0.717) is 73.8 Å². The quantitative estimate of drug-likeness (QED) is 0.0732. The molecule has 4 rings (SSSR count). The van der Waals surface area contributed by atoms with Gasteiger partial charge >= 0.3 is 5.97 Å². The second-order valence-corrected chi connectivity index (χ2v) is 10.9. The van der Waals surface area contributed by atoms with Crippen LogP contribution in [0.15, 0.2) is 106 Å². The lowest BCUT2D eigenvalue weighted by atomic mass is 10.1. The first-order chi connectivity index (χ1) is 22.4. The summed E-state index contributed by atoms with van der Waals surface area (Å²) in [5, 5.41) is 24.6. The van der Waals surface area contributed by atoms with Gasteiger partial charge in [0.2, 0.25) is 0 Å². The molecule has 1 aromatic carbocycles. The van der Waals surface area contributed by atoms with E-state index >= 15 is 0 Å². The Morgan fingerprint density at radius 2 is 2.00 bits per heavy atom. The minimum absolute atomic E-state index is 0.0681. The summed E-state index contributed by atoms with van der Waals surface area (Å²) >= 11 is 0. The first-order valence-electron chi connectivity index (χ1n) is 15.5. The number of aliphatic hydroxyl groups is 1. The molecule has 242 valence electrons. The fourth-order valence-corrected chi connectivity index (χ4v) is 4.94.